The lowest BCUT2D eigenvalue weighted by Gasteiger charge is -2.07. The quantitative estimate of drug-likeness (QED) is 0.824. The minimum Gasteiger partial charge on any atom is -0.356 e. The molecule has 0 aliphatic carbocycles. The first-order valence-electron chi connectivity index (χ1n) is 6.10. The molecule has 2 rings (SSSR count). The van der Waals surface area contributed by atoms with Gasteiger partial charge in [-0.15, -0.1) is 11.6 Å². The summed E-state index contributed by atoms with van der Waals surface area (Å²) < 4.78 is 0. The molecule has 18 heavy (non-hydrogen) atoms. The van der Waals surface area contributed by atoms with Crippen LogP contribution in [0.2, 0.25) is 0 Å². The maximum Gasteiger partial charge on any atom is 0.221 e. The summed E-state index contributed by atoms with van der Waals surface area (Å²) in [4.78, 5) is 11.3. The maximum absolute atomic E-state index is 11.3. The molecule has 0 aliphatic rings. The van der Waals surface area contributed by atoms with Crippen molar-refractivity contribution in [3.8, 4) is 0 Å². The number of hydrogen-bond acceptors (Lipinski definition) is 1. The first-order chi connectivity index (χ1) is 8.81. The third-order valence-electron chi connectivity index (χ3n) is 2.92. The summed E-state index contributed by atoms with van der Waals surface area (Å²) in [5.41, 5.74) is 1.26. The van der Waals surface area contributed by atoms with Gasteiger partial charge in [-0.2, -0.15) is 0 Å². The number of rotatable bonds is 5. The predicted octanol–water partition coefficient (Wildman–Crippen LogP) is 3.13. The molecule has 1 amide bonds. The zero-order valence-corrected chi connectivity index (χ0v) is 10.9. The van der Waals surface area contributed by atoms with E-state index in [0.717, 1.165) is 6.42 Å². The average molecular weight is 262 g/mol. The Morgan fingerprint density at radius 2 is 1.89 bits per heavy atom. The predicted molar refractivity (Wildman–Crippen MR) is 76.0 cm³/mol. The van der Waals surface area contributed by atoms with Crippen molar-refractivity contribution in [2.45, 2.75) is 12.8 Å². The molecule has 2 aromatic rings. The summed E-state index contributed by atoms with van der Waals surface area (Å²) in [5.74, 6) is 0.394. The lowest BCUT2D eigenvalue weighted by molar-refractivity contribution is -0.120. The molecule has 3 heteroatoms. The Hall–Kier alpha value is -1.54. The van der Waals surface area contributed by atoms with Crippen LogP contribution in [-0.2, 0) is 11.2 Å². The molecule has 0 saturated heterocycles. The topological polar surface area (TPSA) is 29.1 Å². The van der Waals surface area contributed by atoms with Crippen molar-refractivity contribution in [1.29, 1.82) is 0 Å². The molecule has 2 aromatic carbocycles. The molecule has 2 nitrogen and oxygen atoms in total. The van der Waals surface area contributed by atoms with Crippen LogP contribution >= 0.6 is 11.6 Å². The van der Waals surface area contributed by atoms with E-state index in [2.05, 4.69) is 35.6 Å². The number of amides is 1. The molecule has 0 aromatic heterocycles. The fourth-order valence-corrected chi connectivity index (χ4v) is 2.19. The van der Waals surface area contributed by atoms with Crippen LogP contribution in [0.5, 0.6) is 0 Å². The van der Waals surface area contributed by atoms with E-state index in [9.17, 15) is 4.79 Å². The molecule has 0 heterocycles. The largest absolute Gasteiger partial charge is 0.356 e. The normalized spacial score (nSPS) is 10.5. The Kier molecular flexibility index (Phi) is 4.59. The molecule has 0 fully saturated rings. The van der Waals surface area contributed by atoms with Crippen molar-refractivity contribution in [3.05, 3.63) is 48.0 Å². The Labute approximate surface area is 112 Å². The van der Waals surface area contributed by atoms with E-state index < -0.39 is 0 Å². The zero-order valence-electron chi connectivity index (χ0n) is 10.2. The molecule has 0 radical (unpaired) electrons. The van der Waals surface area contributed by atoms with Gasteiger partial charge in [0.2, 0.25) is 5.91 Å². The lowest BCUT2D eigenvalue weighted by atomic mass is 10.0. The minimum absolute atomic E-state index is 0.0187. The van der Waals surface area contributed by atoms with Gasteiger partial charge in [-0.25, -0.2) is 0 Å². The second kappa shape index (κ2) is 6.41. The molecule has 0 bridgehead atoms. The van der Waals surface area contributed by atoms with E-state index in [0.29, 0.717) is 18.8 Å². The van der Waals surface area contributed by atoms with Gasteiger partial charge in [0.25, 0.3) is 0 Å². The summed E-state index contributed by atoms with van der Waals surface area (Å²) in [6.45, 7) is 0.656. The van der Waals surface area contributed by atoms with Crippen LogP contribution in [0, 0.1) is 0 Å². The third-order valence-corrected chi connectivity index (χ3v) is 3.11. The van der Waals surface area contributed by atoms with Crippen molar-refractivity contribution < 1.29 is 4.79 Å². The standard InChI is InChI=1S/C15H16ClNO/c16-10-8-15(18)17-11-9-13-6-3-5-12-4-1-2-7-14(12)13/h1-7H,8-11H2,(H,17,18). The number of fused-ring (bicyclic) bond motifs is 1. The fraction of sp³-hybridized carbons (Fsp3) is 0.267. The van der Waals surface area contributed by atoms with Crippen molar-refractivity contribution >= 4 is 28.3 Å². The third kappa shape index (κ3) is 3.23. The SMILES string of the molecule is O=C(CCCl)NCCc1cccc2ccccc12. The van der Waals surface area contributed by atoms with Gasteiger partial charge in [-0.3, -0.25) is 4.79 Å². The highest BCUT2D eigenvalue weighted by Gasteiger charge is 2.02. The number of benzene rings is 2. The number of alkyl halides is 1. The van der Waals surface area contributed by atoms with Gasteiger partial charge in [0.1, 0.15) is 0 Å². The highest BCUT2D eigenvalue weighted by atomic mass is 35.5. The van der Waals surface area contributed by atoms with E-state index in [1.54, 1.807) is 0 Å². The molecule has 94 valence electrons. The van der Waals surface area contributed by atoms with E-state index in [-0.39, 0.29) is 5.91 Å². The smallest absolute Gasteiger partial charge is 0.221 e. The average Bonchev–Trinajstić information content (AvgIpc) is 2.39. The molecule has 0 aliphatic heterocycles. The van der Waals surface area contributed by atoms with Crippen molar-refractivity contribution in [3.63, 3.8) is 0 Å². The Morgan fingerprint density at radius 1 is 1.11 bits per heavy atom. The molecular weight excluding hydrogens is 246 g/mol. The van der Waals surface area contributed by atoms with Crippen molar-refractivity contribution in [2.24, 2.45) is 0 Å². The summed E-state index contributed by atoms with van der Waals surface area (Å²) in [7, 11) is 0. The summed E-state index contributed by atoms with van der Waals surface area (Å²) in [5, 5.41) is 5.37. The highest BCUT2D eigenvalue weighted by Crippen LogP contribution is 2.18. The molecule has 0 atom stereocenters. The second-order valence-electron chi connectivity index (χ2n) is 4.18. The van der Waals surface area contributed by atoms with Gasteiger partial charge in [-0.1, -0.05) is 42.5 Å². The van der Waals surface area contributed by atoms with Gasteiger partial charge in [0, 0.05) is 18.8 Å². The first kappa shape index (κ1) is 12.9. The van der Waals surface area contributed by atoms with Gasteiger partial charge in [0.15, 0.2) is 0 Å². The van der Waals surface area contributed by atoms with Crippen LogP contribution < -0.4 is 5.32 Å². The van der Waals surface area contributed by atoms with Crippen LogP contribution in [-0.4, -0.2) is 18.3 Å². The van der Waals surface area contributed by atoms with Gasteiger partial charge < -0.3 is 5.32 Å². The number of halogens is 1. The van der Waals surface area contributed by atoms with E-state index in [1.807, 2.05) is 12.1 Å². The number of carbonyl (C=O) groups excluding carboxylic acids is 1. The summed E-state index contributed by atoms with van der Waals surface area (Å²) >= 11 is 5.51. The Morgan fingerprint density at radius 3 is 2.72 bits per heavy atom. The van der Waals surface area contributed by atoms with Gasteiger partial charge >= 0.3 is 0 Å². The van der Waals surface area contributed by atoms with Crippen LogP contribution in [0.3, 0.4) is 0 Å². The summed E-state index contributed by atoms with van der Waals surface area (Å²) in [6, 6.07) is 14.6. The molecular formula is C15H16ClNO. The maximum atomic E-state index is 11.3. The number of carbonyl (C=O) groups is 1. The van der Waals surface area contributed by atoms with Crippen molar-refractivity contribution in [2.75, 3.05) is 12.4 Å². The van der Waals surface area contributed by atoms with E-state index in [1.165, 1.54) is 16.3 Å². The Bertz CT molecular complexity index is 534. The highest BCUT2D eigenvalue weighted by molar-refractivity contribution is 6.18. The molecule has 0 saturated carbocycles. The number of nitrogens with one attached hydrogen (secondary N) is 1. The zero-order chi connectivity index (χ0) is 12.8. The van der Waals surface area contributed by atoms with Gasteiger partial charge in [-0.05, 0) is 22.8 Å². The van der Waals surface area contributed by atoms with Crippen LogP contribution in [0.1, 0.15) is 12.0 Å². The molecule has 0 spiro atoms. The van der Waals surface area contributed by atoms with Crippen LogP contribution in [0.15, 0.2) is 42.5 Å². The fourth-order valence-electron chi connectivity index (χ4n) is 2.02. The first-order valence-corrected chi connectivity index (χ1v) is 6.64. The lowest BCUT2D eigenvalue weighted by Crippen LogP contribution is -2.25. The minimum atomic E-state index is 0.0187. The van der Waals surface area contributed by atoms with Gasteiger partial charge in [0.05, 0.1) is 0 Å². The monoisotopic (exact) mass is 261 g/mol. The van der Waals surface area contributed by atoms with Crippen molar-refractivity contribution in [1.82, 2.24) is 5.32 Å². The van der Waals surface area contributed by atoms with Crippen LogP contribution in [0.4, 0.5) is 0 Å². The van der Waals surface area contributed by atoms with E-state index in [4.69, 9.17) is 11.6 Å². The van der Waals surface area contributed by atoms with E-state index >= 15 is 0 Å². The molecule has 0 unspecified atom stereocenters. The van der Waals surface area contributed by atoms with Crippen LogP contribution in [0.25, 0.3) is 10.8 Å². The second-order valence-corrected chi connectivity index (χ2v) is 4.56. The number of hydrogen-bond donors (Lipinski definition) is 1. The molecule has 1 N–H and O–H groups in total. The Balaban J connectivity index is 2.01. The summed E-state index contributed by atoms with van der Waals surface area (Å²) in [6.07, 6.45) is 1.23.